The van der Waals surface area contributed by atoms with E-state index < -0.39 is 73.7 Å². The van der Waals surface area contributed by atoms with Crippen molar-refractivity contribution in [3.05, 3.63) is 144 Å². The van der Waals surface area contributed by atoms with Crippen LogP contribution >= 0.6 is 0 Å². The minimum Gasteiger partial charge on any atom is -0.274 e. The van der Waals surface area contributed by atoms with E-state index in [1.165, 1.54) is 0 Å². The van der Waals surface area contributed by atoms with Crippen LogP contribution in [0.25, 0.3) is 0 Å². The molecule has 0 aromatic heterocycles. The summed E-state index contributed by atoms with van der Waals surface area (Å²) in [7, 11) is 0. The highest BCUT2D eigenvalue weighted by atomic mass is 19.2. The highest BCUT2D eigenvalue weighted by Crippen LogP contribution is 2.25. The van der Waals surface area contributed by atoms with Gasteiger partial charge in [0.1, 0.15) is 12.8 Å². The van der Waals surface area contributed by atoms with Crippen LogP contribution in [0, 0.1) is 0 Å². The van der Waals surface area contributed by atoms with Crippen LogP contribution < -0.4 is 0 Å². The predicted octanol–water partition coefficient (Wildman–Crippen LogP) is 10.6. The first-order chi connectivity index (χ1) is 29.9. The maximum Gasteiger partial charge on any atom is 0.338 e. The molecule has 2 heterocycles. The number of nitrogens with zero attached hydrogens (tertiary/aromatic N) is 4. The van der Waals surface area contributed by atoms with E-state index in [0.717, 1.165) is 0 Å². The van der Waals surface area contributed by atoms with Gasteiger partial charge in [-0.05, 0) is 22.3 Å². The first-order valence-corrected chi connectivity index (χ1v) is 21.0. The van der Waals surface area contributed by atoms with Crippen LogP contribution in [0.4, 0.5) is 27.2 Å². The van der Waals surface area contributed by atoms with Crippen LogP contribution in [0.5, 0.6) is 0 Å². The third-order valence-electron chi connectivity index (χ3n) is 8.61. The Labute approximate surface area is 363 Å². The number of imide groups is 4. The van der Waals surface area contributed by atoms with E-state index in [-0.39, 0.29) is 25.7 Å². The van der Waals surface area contributed by atoms with Crippen molar-refractivity contribution in [2.45, 2.75) is 119 Å². The monoisotopic (exact) mass is 864 g/mol. The van der Waals surface area contributed by atoms with Crippen molar-refractivity contribution < 1.29 is 46.3 Å². The lowest BCUT2D eigenvalue weighted by atomic mass is 10.1. The fraction of sp³-hybridized carbons (Fsp3) is 0.375. The van der Waals surface area contributed by atoms with Crippen molar-refractivity contribution in [2.24, 2.45) is 0 Å². The molecule has 10 nitrogen and oxygen atoms in total. The maximum absolute atomic E-state index is 14.7. The zero-order valence-corrected chi connectivity index (χ0v) is 36.8. The number of barbiturate groups is 2. The molecule has 4 aromatic carbocycles. The first kappa shape index (κ1) is 53.8. The number of hydrogen-bond donors (Lipinski definition) is 0. The quantitative estimate of drug-likeness (QED) is 0.0796. The van der Waals surface area contributed by atoms with Gasteiger partial charge in [0.05, 0.1) is 0 Å². The lowest BCUT2D eigenvalue weighted by Gasteiger charge is -2.35. The van der Waals surface area contributed by atoms with Gasteiger partial charge in [0.2, 0.25) is 23.6 Å². The minimum atomic E-state index is -1.98. The Hall–Kier alpha value is -6.18. The second kappa shape index (κ2) is 29.1. The number of carbonyl (C=O) groups is 6. The number of halogens is 4. The smallest absolute Gasteiger partial charge is 0.274 e. The number of benzene rings is 4. The molecule has 0 radical (unpaired) electrons. The van der Waals surface area contributed by atoms with Crippen molar-refractivity contribution in [1.82, 2.24) is 19.6 Å². The van der Waals surface area contributed by atoms with Crippen molar-refractivity contribution in [2.75, 3.05) is 0 Å². The molecule has 6 rings (SSSR count). The predicted molar refractivity (Wildman–Crippen MR) is 233 cm³/mol. The van der Waals surface area contributed by atoms with Crippen molar-refractivity contribution in [3.8, 4) is 0 Å². The summed E-state index contributed by atoms with van der Waals surface area (Å²) >= 11 is 0. The van der Waals surface area contributed by atoms with Gasteiger partial charge in [0.25, 0.3) is 0 Å². The Morgan fingerprint density at radius 2 is 0.500 bits per heavy atom. The molecular formula is C48H60F4N4O6. The lowest BCUT2D eigenvalue weighted by Crippen LogP contribution is -2.60. The topological polar surface area (TPSA) is 115 Å². The molecule has 4 aromatic rings. The highest BCUT2D eigenvalue weighted by Gasteiger charge is 2.46. The average Bonchev–Trinajstić information content (AvgIpc) is 3.27. The lowest BCUT2D eigenvalue weighted by molar-refractivity contribution is -0.151. The van der Waals surface area contributed by atoms with Gasteiger partial charge in [-0.25, -0.2) is 46.8 Å². The van der Waals surface area contributed by atoms with E-state index in [9.17, 15) is 46.3 Å². The number of carbonyl (C=O) groups excluding carboxylic acids is 6. The Kier molecular flexibility index (Phi) is 25.3. The third kappa shape index (κ3) is 15.7. The summed E-state index contributed by atoms with van der Waals surface area (Å²) in [6.07, 6.45) is -10.3. The van der Waals surface area contributed by atoms with E-state index in [0.29, 0.717) is 41.9 Å². The van der Waals surface area contributed by atoms with Crippen LogP contribution in [-0.4, -0.2) is 80.5 Å². The van der Waals surface area contributed by atoms with Crippen LogP contribution in [0.3, 0.4) is 0 Å². The zero-order valence-electron chi connectivity index (χ0n) is 36.8. The van der Waals surface area contributed by atoms with Crippen LogP contribution in [-0.2, 0) is 44.9 Å². The van der Waals surface area contributed by atoms with Gasteiger partial charge in [0, 0.05) is 25.7 Å². The van der Waals surface area contributed by atoms with Gasteiger partial charge in [-0.1, -0.05) is 177 Å². The average molecular weight is 865 g/mol. The third-order valence-corrected chi connectivity index (χ3v) is 8.61. The second-order valence-electron chi connectivity index (χ2n) is 12.5. The molecule has 14 heteroatoms. The van der Waals surface area contributed by atoms with E-state index >= 15 is 0 Å². The molecule has 0 N–H and O–H groups in total. The molecule has 62 heavy (non-hydrogen) atoms. The molecule has 0 saturated carbocycles. The van der Waals surface area contributed by atoms with Gasteiger partial charge in [0.15, 0.2) is 25.2 Å². The maximum atomic E-state index is 14.7. The zero-order chi connectivity index (χ0) is 46.8. The Balaban J connectivity index is 0.000000534. The number of hydrogen-bond acceptors (Lipinski definition) is 6. The summed E-state index contributed by atoms with van der Waals surface area (Å²) < 4.78 is 58.8. The summed E-state index contributed by atoms with van der Waals surface area (Å²) in [5.74, 6) is -3.85. The number of amides is 8. The molecular weight excluding hydrogens is 805 g/mol. The van der Waals surface area contributed by atoms with Crippen molar-refractivity contribution in [1.29, 1.82) is 0 Å². The second-order valence-corrected chi connectivity index (χ2v) is 12.5. The molecule has 4 atom stereocenters. The van der Waals surface area contributed by atoms with Gasteiger partial charge in [-0.2, -0.15) is 0 Å². The van der Waals surface area contributed by atoms with Crippen LogP contribution in [0.1, 0.15) is 90.5 Å². The van der Waals surface area contributed by atoms with Gasteiger partial charge >= 0.3 is 12.1 Å². The standard InChI is InChI=1S/2C20H18F2N2O3.4C2H6/c2*21-16(11-14-7-3-1-4-8-14)23-18(25)13-19(26)24(20(23)27)17(22)12-15-9-5-2-6-10-15;4*1-2/h2*1-10,16-17H,11-13H2;4*1-2H3/t2*16-,17+;;;;. The number of alkyl halides is 4. The van der Waals surface area contributed by atoms with Crippen molar-refractivity contribution in [3.63, 3.8) is 0 Å². The molecule has 336 valence electrons. The Morgan fingerprint density at radius 3 is 0.661 bits per heavy atom. The van der Waals surface area contributed by atoms with Gasteiger partial charge < -0.3 is 0 Å². The molecule has 8 amide bonds. The summed E-state index contributed by atoms with van der Waals surface area (Å²) in [5, 5.41) is 0. The Morgan fingerprint density at radius 1 is 0.339 bits per heavy atom. The summed E-state index contributed by atoms with van der Waals surface area (Å²) in [4.78, 5) is 74.7. The number of rotatable bonds is 12. The minimum absolute atomic E-state index is 0.226. The molecule has 2 aliphatic heterocycles. The summed E-state index contributed by atoms with van der Waals surface area (Å²) in [5.41, 5.74) is 2.32. The van der Waals surface area contributed by atoms with Crippen LogP contribution in [0.2, 0.25) is 0 Å². The summed E-state index contributed by atoms with van der Waals surface area (Å²) in [6, 6.07) is 31.4. The largest absolute Gasteiger partial charge is 0.338 e. The fourth-order valence-electron chi connectivity index (χ4n) is 5.96. The van der Waals surface area contributed by atoms with Crippen LogP contribution in [0.15, 0.2) is 121 Å². The molecule has 2 aliphatic rings. The van der Waals surface area contributed by atoms with E-state index in [1.807, 2.05) is 55.4 Å². The normalized spacial score (nSPS) is 15.4. The molecule has 0 spiro atoms. The van der Waals surface area contributed by atoms with Gasteiger partial charge in [-0.15, -0.1) is 0 Å². The summed E-state index contributed by atoms with van der Waals surface area (Å²) in [6.45, 7) is 16.0. The van der Waals surface area contributed by atoms with E-state index in [4.69, 9.17) is 0 Å². The molecule has 0 unspecified atom stereocenters. The van der Waals surface area contributed by atoms with E-state index in [2.05, 4.69) is 0 Å². The van der Waals surface area contributed by atoms with Gasteiger partial charge in [-0.3, -0.25) is 19.2 Å². The molecule has 0 aliphatic carbocycles. The molecule has 0 bridgehead atoms. The SMILES string of the molecule is CC.CC.CC.CC.O=C1CC(=O)N([C@@H](F)Cc2ccccc2)C(=O)N1[C@H](F)Cc1ccccc1.O=C1CC(=O)N([C@@H](F)Cc2ccccc2)C(=O)N1[C@H](F)Cc1ccccc1. The fourth-order valence-corrected chi connectivity index (χ4v) is 5.96. The Bertz CT molecular complexity index is 1670. The van der Waals surface area contributed by atoms with E-state index in [1.54, 1.807) is 121 Å². The highest BCUT2D eigenvalue weighted by molar-refractivity contribution is 6.15. The molecule has 2 saturated heterocycles. The number of urea groups is 2. The molecule has 2 fully saturated rings. The first-order valence-electron chi connectivity index (χ1n) is 21.0. The van der Waals surface area contributed by atoms with Crippen molar-refractivity contribution >= 4 is 35.7 Å².